The molecule has 0 aromatic rings. The number of rotatable bonds is 3. The Labute approximate surface area is 113 Å². The topological polar surface area (TPSA) is 92.0 Å². The monoisotopic (exact) mass is 269 g/mol. The van der Waals surface area contributed by atoms with Crippen molar-refractivity contribution in [2.45, 2.75) is 25.3 Å². The van der Waals surface area contributed by atoms with Crippen molar-refractivity contribution in [3.8, 4) is 0 Å². The number of carbonyl (C=O) groups is 1. The molecular weight excluding hydrogens is 246 g/mol. The Morgan fingerprint density at radius 3 is 3.21 bits per heavy atom. The maximum Gasteiger partial charge on any atom is 0.220 e. The van der Waals surface area contributed by atoms with E-state index in [4.69, 9.17) is 10.6 Å². The molecular formula is C12H23N5O2. The van der Waals surface area contributed by atoms with Gasteiger partial charge in [-0.2, -0.15) is 0 Å². The molecule has 0 aromatic heterocycles. The maximum absolute atomic E-state index is 11.4. The van der Waals surface area contributed by atoms with Gasteiger partial charge in [0, 0.05) is 32.7 Å². The summed E-state index contributed by atoms with van der Waals surface area (Å²) in [5.74, 6) is 6.93. The van der Waals surface area contributed by atoms with Crippen LogP contribution in [0.1, 0.15) is 19.3 Å². The van der Waals surface area contributed by atoms with Crippen LogP contribution in [-0.2, 0) is 9.53 Å². The summed E-state index contributed by atoms with van der Waals surface area (Å²) in [5.41, 5.74) is 2.67. The molecule has 0 bridgehead atoms. The molecule has 2 atom stereocenters. The fraction of sp³-hybridized carbons (Fsp3) is 0.833. The number of carbonyl (C=O) groups excluding carboxylic acids is 1. The van der Waals surface area contributed by atoms with Crippen LogP contribution in [0.3, 0.4) is 0 Å². The van der Waals surface area contributed by atoms with Gasteiger partial charge in [0.15, 0.2) is 0 Å². The van der Waals surface area contributed by atoms with E-state index in [1.807, 2.05) is 0 Å². The molecule has 1 amide bonds. The lowest BCUT2D eigenvalue weighted by Gasteiger charge is -2.42. The van der Waals surface area contributed by atoms with E-state index in [0.717, 1.165) is 25.9 Å². The Kier molecular flexibility index (Phi) is 4.98. The van der Waals surface area contributed by atoms with Crippen molar-refractivity contribution < 1.29 is 9.53 Å². The summed E-state index contributed by atoms with van der Waals surface area (Å²) in [6.07, 6.45) is 2.52. The lowest BCUT2D eigenvalue weighted by Crippen LogP contribution is -2.57. The van der Waals surface area contributed by atoms with Crippen molar-refractivity contribution in [1.82, 2.24) is 15.6 Å². The second kappa shape index (κ2) is 6.72. The van der Waals surface area contributed by atoms with E-state index in [-0.39, 0.29) is 5.91 Å². The fourth-order valence-corrected chi connectivity index (χ4v) is 2.78. The number of nitrogens with one attached hydrogen (secondary N) is 2. The molecule has 2 rings (SSSR count). The van der Waals surface area contributed by atoms with Crippen LogP contribution in [0.25, 0.3) is 0 Å². The van der Waals surface area contributed by atoms with E-state index >= 15 is 0 Å². The van der Waals surface area contributed by atoms with Crippen molar-refractivity contribution in [3.05, 3.63) is 0 Å². The molecule has 2 aliphatic rings. The van der Waals surface area contributed by atoms with Crippen molar-refractivity contribution in [1.29, 1.82) is 0 Å². The number of amides is 1. The standard InChI is InChI=1S/C12H23N5O2/c1-19-7-5-14-12(16-13)17-6-4-10-9(8-17)2-3-11(18)15-10/h9-10H,2-8,13H2,1H3,(H,14,16)(H,15,18). The molecule has 2 unspecified atom stereocenters. The first-order chi connectivity index (χ1) is 9.24. The molecule has 0 radical (unpaired) electrons. The highest BCUT2D eigenvalue weighted by Gasteiger charge is 2.34. The van der Waals surface area contributed by atoms with Gasteiger partial charge >= 0.3 is 0 Å². The Hall–Kier alpha value is -1.34. The van der Waals surface area contributed by atoms with Gasteiger partial charge in [-0.25, -0.2) is 10.8 Å². The average molecular weight is 269 g/mol. The highest BCUT2D eigenvalue weighted by Crippen LogP contribution is 2.25. The lowest BCUT2D eigenvalue weighted by molar-refractivity contribution is -0.125. The van der Waals surface area contributed by atoms with Gasteiger partial charge in [0.05, 0.1) is 13.2 Å². The van der Waals surface area contributed by atoms with Gasteiger partial charge in [0.2, 0.25) is 11.9 Å². The number of hydrogen-bond donors (Lipinski definition) is 3. The van der Waals surface area contributed by atoms with Gasteiger partial charge in [0.25, 0.3) is 0 Å². The van der Waals surface area contributed by atoms with Crippen LogP contribution < -0.4 is 16.6 Å². The number of guanidine groups is 1. The van der Waals surface area contributed by atoms with Crippen molar-refractivity contribution >= 4 is 11.9 Å². The zero-order valence-corrected chi connectivity index (χ0v) is 11.4. The third kappa shape index (κ3) is 3.57. The molecule has 2 aliphatic heterocycles. The molecule has 0 saturated carbocycles. The second-order valence-electron chi connectivity index (χ2n) is 5.05. The first-order valence-electron chi connectivity index (χ1n) is 6.79. The smallest absolute Gasteiger partial charge is 0.220 e. The molecule has 108 valence electrons. The number of hydrazine groups is 1. The Morgan fingerprint density at radius 2 is 2.47 bits per heavy atom. The average Bonchev–Trinajstić information content (AvgIpc) is 2.43. The van der Waals surface area contributed by atoms with E-state index < -0.39 is 0 Å². The number of piperidine rings is 2. The maximum atomic E-state index is 11.4. The summed E-state index contributed by atoms with van der Waals surface area (Å²) >= 11 is 0. The van der Waals surface area contributed by atoms with Crippen LogP contribution in [-0.4, -0.2) is 56.2 Å². The zero-order chi connectivity index (χ0) is 13.7. The van der Waals surface area contributed by atoms with E-state index in [9.17, 15) is 4.79 Å². The molecule has 2 saturated heterocycles. The number of likely N-dealkylation sites (tertiary alicyclic amines) is 1. The molecule has 0 aliphatic carbocycles. The normalized spacial score (nSPS) is 27.8. The number of aliphatic imine (C=N–C) groups is 1. The minimum Gasteiger partial charge on any atom is -0.383 e. The summed E-state index contributed by atoms with van der Waals surface area (Å²) in [5, 5.41) is 3.07. The quantitative estimate of drug-likeness (QED) is 0.202. The van der Waals surface area contributed by atoms with Crippen LogP contribution in [0, 0.1) is 5.92 Å². The van der Waals surface area contributed by atoms with E-state index in [1.54, 1.807) is 7.11 Å². The lowest BCUT2D eigenvalue weighted by atomic mass is 9.85. The predicted molar refractivity (Wildman–Crippen MR) is 72.3 cm³/mol. The van der Waals surface area contributed by atoms with Crippen LogP contribution in [0.5, 0.6) is 0 Å². The Morgan fingerprint density at radius 1 is 1.63 bits per heavy atom. The van der Waals surface area contributed by atoms with Gasteiger partial charge < -0.3 is 15.0 Å². The summed E-state index contributed by atoms with van der Waals surface area (Å²) in [4.78, 5) is 17.9. The van der Waals surface area contributed by atoms with E-state index in [2.05, 4.69) is 20.6 Å². The molecule has 7 nitrogen and oxygen atoms in total. The van der Waals surface area contributed by atoms with E-state index in [0.29, 0.717) is 37.5 Å². The highest BCUT2D eigenvalue weighted by molar-refractivity contribution is 5.80. The van der Waals surface area contributed by atoms with Crippen LogP contribution >= 0.6 is 0 Å². The van der Waals surface area contributed by atoms with Crippen LogP contribution in [0.2, 0.25) is 0 Å². The van der Waals surface area contributed by atoms with Gasteiger partial charge in [-0.05, 0) is 18.8 Å². The summed E-state index contributed by atoms with van der Waals surface area (Å²) in [6, 6.07) is 0.315. The van der Waals surface area contributed by atoms with Crippen molar-refractivity contribution in [2.24, 2.45) is 16.8 Å². The number of fused-ring (bicyclic) bond motifs is 1. The van der Waals surface area contributed by atoms with Gasteiger partial charge in [0.1, 0.15) is 0 Å². The molecule has 4 N–H and O–H groups in total. The molecule has 2 fully saturated rings. The Bertz CT molecular complexity index is 347. The number of hydrogen-bond acceptors (Lipinski definition) is 4. The minimum atomic E-state index is 0.181. The van der Waals surface area contributed by atoms with Crippen LogP contribution in [0.4, 0.5) is 0 Å². The summed E-state index contributed by atoms with van der Waals surface area (Å²) < 4.78 is 4.98. The van der Waals surface area contributed by atoms with Crippen molar-refractivity contribution in [3.63, 3.8) is 0 Å². The minimum absolute atomic E-state index is 0.181. The first-order valence-corrected chi connectivity index (χ1v) is 6.79. The summed E-state index contributed by atoms with van der Waals surface area (Å²) in [7, 11) is 1.65. The fourth-order valence-electron chi connectivity index (χ4n) is 2.78. The van der Waals surface area contributed by atoms with Crippen LogP contribution in [0.15, 0.2) is 4.99 Å². The third-order valence-corrected chi connectivity index (χ3v) is 3.81. The van der Waals surface area contributed by atoms with Crippen molar-refractivity contribution in [2.75, 3.05) is 33.4 Å². The molecule has 19 heavy (non-hydrogen) atoms. The van der Waals surface area contributed by atoms with Gasteiger partial charge in [-0.1, -0.05) is 0 Å². The molecule has 2 heterocycles. The highest BCUT2D eigenvalue weighted by atomic mass is 16.5. The number of ether oxygens (including phenoxy) is 1. The predicted octanol–water partition coefficient (Wildman–Crippen LogP) is -0.947. The second-order valence-corrected chi connectivity index (χ2v) is 5.05. The SMILES string of the molecule is COCCN=C(NN)N1CCC2NC(=O)CCC2C1. The largest absolute Gasteiger partial charge is 0.383 e. The third-order valence-electron chi connectivity index (χ3n) is 3.81. The Balaban J connectivity index is 1.91. The number of nitrogens with two attached hydrogens (primary N) is 1. The first kappa shape index (κ1) is 14.1. The molecule has 7 heteroatoms. The van der Waals surface area contributed by atoms with E-state index in [1.165, 1.54) is 0 Å². The summed E-state index contributed by atoms with van der Waals surface area (Å²) in [6.45, 7) is 2.93. The number of nitrogens with zero attached hydrogens (tertiary/aromatic N) is 2. The molecule has 0 spiro atoms. The zero-order valence-electron chi connectivity index (χ0n) is 11.4. The van der Waals surface area contributed by atoms with Gasteiger partial charge in [-0.3, -0.25) is 10.2 Å². The van der Waals surface area contributed by atoms with Gasteiger partial charge in [-0.15, -0.1) is 0 Å². The molecule has 0 aromatic carbocycles. The number of methoxy groups -OCH3 is 1.